The van der Waals surface area contributed by atoms with Crippen LogP contribution in [0.5, 0.6) is 0 Å². The van der Waals surface area contributed by atoms with Gasteiger partial charge in [0.25, 0.3) is 0 Å². The van der Waals surface area contributed by atoms with Gasteiger partial charge in [-0.15, -0.1) is 0 Å². The standard InChI is InChI=1S/C17H20N6O2/c1-12-8-22(9-13(2)25-12)17(24)11-23-10-15(7-20-23)21-16-4-3-14(5-18)6-19-16/h3-4,6-7,10,12-13H,8-9,11H2,1-2H3,(H,19,21). The van der Waals surface area contributed by atoms with Crippen LogP contribution >= 0.6 is 0 Å². The third-order valence-electron chi connectivity index (χ3n) is 3.87. The van der Waals surface area contributed by atoms with E-state index in [9.17, 15) is 4.79 Å². The van der Waals surface area contributed by atoms with Crippen LogP contribution in [0.1, 0.15) is 19.4 Å². The second kappa shape index (κ2) is 7.32. The molecule has 2 atom stereocenters. The Morgan fingerprint density at radius 3 is 2.76 bits per heavy atom. The van der Waals surface area contributed by atoms with Crippen molar-refractivity contribution in [1.29, 1.82) is 5.26 Å². The zero-order valence-corrected chi connectivity index (χ0v) is 14.2. The molecule has 3 rings (SSSR count). The predicted octanol–water partition coefficient (Wildman–Crippen LogP) is 1.53. The molecule has 0 saturated carbocycles. The normalized spacial score (nSPS) is 20.1. The number of amides is 1. The number of pyridine rings is 1. The van der Waals surface area contributed by atoms with E-state index >= 15 is 0 Å². The average molecular weight is 340 g/mol. The van der Waals surface area contributed by atoms with E-state index in [2.05, 4.69) is 15.4 Å². The van der Waals surface area contributed by atoms with Crippen LogP contribution in [0, 0.1) is 11.3 Å². The summed E-state index contributed by atoms with van der Waals surface area (Å²) in [6.45, 7) is 5.32. The number of anilines is 2. The number of hydrogen-bond acceptors (Lipinski definition) is 6. The molecule has 2 unspecified atom stereocenters. The van der Waals surface area contributed by atoms with E-state index in [1.807, 2.05) is 24.8 Å². The largest absolute Gasteiger partial charge is 0.372 e. The molecule has 8 nitrogen and oxygen atoms in total. The number of ether oxygens (including phenoxy) is 1. The van der Waals surface area contributed by atoms with E-state index in [1.54, 1.807) is 29.2 Å². The van der Waals surface area contributed by atoms with Crippen molar-refractivity contribution < 1.29 is 9.53 Å². The summed E-state index contributed by atoms with van der Waals surface area (Å²) in [6, 6.07) is 5.43. The summed E-state index contributed by atoms with van der Waals surface area (Å²) in [5.41, 5.74) is 1.23. The molecule has 0 aromatic carbocycles. The van der Waals surface area contributed by atoms with Gasteiger partial charge in [-0.2, -0.15) is 10.4 Å². The second-order valence-electron chi connectivity index (χ2n) is 6.15. The van der Waals surface area contributed by atoms with Gasteiger partial charge in [-0.05, 0) is 26.0 Å². The lowest BCUT2D eigenvalue weighted by molar-refractivity contribution is -0.144. The summed E-state index contributed by atoms with van der Waals surface area (Å²) in [5.74, 6) is 0.633. The minimum absolute atomic E-state index is 0.0214. The summed E-state index contributed by atoms with van der Waals surface area (Å²) < 4.78 is 7.25. The maximum Gasteiger partial charge on any atom is 0.244 e. The fourth-order valence-electron chi connectivity index (χ4n) is 2.82. The summed E-state index contributed by atoms with van der Waals surface area (Å²) in [5, 5.41) is 16.1. The summed E-state index contributed by atoms with van der Waals surface area (Å²) in [6.07, 6.45) is 4.98. The lowest BCUT2D eigenvalue weighted by Gasteiger charge is -2.35. The van der Waals surface area contributed by atoms with Crippen LogP contribution in [0.2, 0.25) is 0 Å². The van der Waals surface area contributed by atoms with Crippen molar-refractivity contribution in [2.45, 2.75) is 32.6 Å². The van der Waals surface area contributed by atoms with Gasteiger partial charge in [-0.1, -0.05) is 0 Å². The molecule has 1 saturated heterocycles. The minimum atomic E-state index is 0.0214. The molecule has 25 heavy (non-hydrogen) atoms. The highest BCUT2D eigenvalue weighted by atomic mass is 16.5. The highest BCUT2D eigenvalue weighted by Crippen LogP contribution is 2.15. The van der Waals surface area contributed by atoms with E-state index < -0.39 is 0 Å². The first-order valence-electron chi connectivity index (χ1n) is 8.12. The van der Waals surface area contributed by atoms with Crippen molar-refractivity contribution in [1.82, 2.24) is 19.7 Å². The van der Waals surface area contributed by atoms with E-state index in [4.69, 9.17) is 10.00 Å². The average Bonchev–Trinajstić information content (AvgIpc) is 3.01. The van der Waals surface area contributed by atoms with E-state index in [-0.39, 0.29) is 24.7 Å². The van der Waals surface area contributed by atoms with Crippen molar-refractivity contribution in [3.8, 4) is 6.07 Å². The number of nitrogens with one attached hydrogen (secondary N) is 1. The number of rotatable bonds is 4. The zero-order valence-electron chi connectivity index (χ0n) is 14.2. The Hall–Kier alpha value is -2.92. The van der Waals surface area contributed by atoms with Gasteiger partial charge in [0, 0.05) is 25.5 Å². The second-order valence-corrected chi connectivity index (χ2v) is 6.15. The fourth-order valence-corrected chi connectivity index (χ4v) is 2.82. The predicted molar refractivity (Wildman–Crippen MR) is 91.1 cm³/mol. The Bertz CT molecular complexity index is 769. The molecule has 0 aliphatic carbocycles. The molecule has 2 aromatic rings. The number of nitriles is 1. The van der Waals surface area contributed by atoms with Gasteiger partial charge in [0.2, 0.25) is 5.91 Å². The van der Waals surface area contributed by atoms with Crippen LogP contribution in [-0.2, 0) is 16.1 Å². The number of morpholine rings is 1. The van der Waals surface area contributed by atoms with Gasteiger partial charge in [0.15, 0.2) is 0 Å². The third-order valence-corrected chi connectivity index (χ3v) is 3.87. The first-order valence-corrected chi connectivity index (χ1v) is 8.12. The minimum Gasteiger partial charge on any atom is -0.372 e. The topological polar surface area (TPSA) is 96.1 Å². The Morgan fingerprint density at radius 2 is 2.12 bits per heavy atom. The SMILES string of the molecule is CC1CN(C(=O)Cn2cc(Nc3ccc(C#N)cn3)cn2)CC(C)O1. The molecule has 130 valence electrons. The first-order chi connectivity index (χ1) is 12.0. The van der Waals surface area contributed by atoms with Gasteiger partial charge in [-0.3, -0.25) is 9.48 Å². The molecule has 8 heteroatoms. The number of nitrogens with zero attached hydrogens (tertiary/aromatic N) is 5. The molecule has 1 N–H and O–H groups in total. The van der Waals surface area contributed by atoms with E-state index in [0.29, 0.717) is 24.5 Å². The lowest BCUT2D eigenvalue weighted by Crippen LogP contribution is -2.49. The summed E-state index contributed by atoms with van der Waals surface area (Å²) in [4.78, 5) is 18.4. The van der Waals surface area contributed by atoms with E-state index in [1.165, 1.54) is 6.20 Å². The number of carbonyl (C=O) groups is 1. The highest BCUT2D eigenvalue weighted by molar-refractivity contribution is 5.76. The molecule has 1 aliphatic rings. The highest BCUT2D eigenvalue weighted by Gasteiger charge is 2.25. The molecule has 1 amide bonds. The fraction of sp³-hybridized carbons (Fsp3) is 0.412. The Balaban J connectivity index is 1.59. The van der Waals surface area contributed by atoms with E-state index in [0.717, 1.165) is 5.69 Å². The lowest BCUT2D eigenvalue weighted by atomic mass is 10.2. The van der Waals surface area contributed by atoms with Crippen molar-refractivity contribution in [3.05, 3.63) is 36.3 Å². The Morgan fingerprint density at radius 1 is 1.36 bits per heavy atom. The van der Waals surface area contributed by atoms with Gasteiger partial charge >= 0.3 is 0 Å². The van der Waals surface area contributed by atoms with Crippen molar-refractivity contribution in [2.24, 2.45) is 0 Å². The third kappa shape index (κ3) is 4.33. The Labute approximate surface area is 146 Å². The molecule has 0 spiro atoms. The van der Waals surface area contributed by atoms with Crippen molar-refractivity contribution >= 4 is 17.4 Å². The van der Waals surface area contributed by atoms with Gasteiger partial charge < -0.3 is 15.0 Å². The monoisotopic (exact) mass is 340 g/mol. The first kappa shape index (κ1) is 16.9. The molecular formula is C17H20N6O2. The molecule has 0 radical (unpaired) electrons. The van der Waals surface area contributed by atoms with Crippen LogP contribution in [0.3, 0.4) is 0 Å². The maximum absolute atomic E-state index is 12.4. The van der Waals surface area contributed by atoms with Gasteiger partial charge in [0.1, 0.15) is 18.4 Å². The number of hydrogen-bond donors (Lipinski definition) is 1. The van der Waals surface area contributed by atoms with Crippen molar-refractivity contribution in [2.75, 3.05) is 18.4 Å². The molecule has 0 bridgehead atoms. The van der Waals surface area contributed by atoms with Crippen molar-refractivity contribution in [3.63, 3.8) is 0 Å². The van der Waals surface area contributed by atoms with Gasteiger partial charge in [0.05, 0.1) is 29.7 Å². The zero-order chi connectivity index (χ0) is 17.8. The molecule has 1 fully saturated rings. The number of carbonyl (C=O) groups excluding carboxylic acids is 1. The van der Waals surface area contributed by atoms with Gasteiger partial charge in [-0.25, -0.2) is 4.98 Å². The smallest absolute Gasteiger partial charge is 0.244 e. The van der Waals surface area contributed by atoms with Crippen LogP contribution in [0.25, 0.3) is 0 Å². The molecule has 2 aromatic heterocycles. The maximum atomic E-state index is 12.4. The Kier molecular flexibility index (Phi) is 4.95. The summed E-state index contributed by atoms with van der Waals surface area (Å²) in [7, 11) is 0. The molecular weight excluding hydrogens is 320 g/mol. The summed E-state index contributed by atoms with van der Waals surface area (Å²) >= 11 is 0. The number of aromatic nitrogens is 3. The van der Waals surface area contributed by atoms with Crippen LogP contribution in [-0.4, -0.2) is 50.9 Å². The quantitative estimate of drug-likeness (QED) is 0.907. The van der Waals surface area contributed by atoms with Crippen LogP contribution in [0.4, 0.5) is 11.5 Å². The van der Waals surface area contributed by atoms with Crippen LogP contribution < -0.4 is 5.32 Å². The van der Waals surface area contributed by atoms with Crippen LogP contribution in [0.15, 0.2) is 30.7 Å². The molecule has 3 heterocycles. The molecule has 1 aliphatic heterocycles.